The molecule has 0 aliphatic carbocycles. The first kappa shape index (κ1) is 11.6. The van der Waals surface area contributed by atoms with E-state index in [1.807, 2.05) is 6.07 Å². The van der Waals surface area contributed by atoms with Gasteiger partial charge in [-0.2, -0.15) is 5.26 Å². The highest BCUT2D eigenvalue weighted by Crippen LogP contribution is 2.28. The van der Waals surface area contributed by atoms with Crippen LogP contribution in [0.15, 0.2) is 24.3 Å². The Morgan fingerprint density at radius 1 is 1.40 bits per heavy atom. The van der Waals surface area contributed by atoms with Crippen molar-refractivity contribution in [2.24, 2.45) is 5.73 Å². The summed E-state index contributed by atoms with van der Waals surface area (Å²) in [5.41, 5.74) is 5.84. The fourth-order valence-electron chi connectivity index (χ4n) is 1.11. The maximum Gasteiger partial charge on any atom is 0.289 e. The molecule has 3 nitrogen and oxygen atoms in total. The van der Waals surface area contributed by atoms with Crippen LogP contribution in [0.1, 0.15) is 17.2 Å². The largest absolute Gasteiger partial charge is 0.390 e. The lowest BCUT2D eigenvalue weighted by atomic mass is 10.0. The molecule has 0 saturated carbocycles. The topological polar surface area (TPSA) is 70.0 Å². The molecule has 15 heavy (non-hydrogen) atoms. The molecule has 0 saturated heterocycles. The Labute approximate surface area is 85.7 Å². The Hall–Kier alpha value is -1.51. The first-order valence-electron chi connectivity index (χ1n) is 4.25. The lowest BCUT2D eigenvalue weighted by molar-refractivity contribution is -0.0711. The summed E-state index contributed by atoms with van der Waals surface area (Å²) in [5.74, 6) is -3.35. The van der Waals surface area contributed by atoms with Crippen molar-refractivity contribution in [1.29, 1.82) is 5.26 Å². The molecule has 0 radical (unpaired) electrons. The molecule has 80 valence electrons. The van der Waals surface area contributed by atoms with E-state index < -0.39 is 18.6 Å². The highest BCUT2D eigenvalue weighted by Gasteiger charge is 2.37. The Morgan fingerprint density at radius 2 is 1.93 bits per heavy atom. The Bertz CT molecular complexity index is 370. The molecule has 0 fully saturated rings. The molecule has 1 atom stereocenters. The zero-order chi connectivity index (χ0) is 11.5. The predicted molar refractivity (Wildman–Crippen MR) is 50.1 cm³/mol. The number of hydrogen-bond donors (Lipinski definition) is 2. The van der Waals surface area contributed by atoms with Crippen LogP contribution in [0.2, 0.25) is 0 Å². The van der Waals surface area contributed by atoms with Gasteiger partial charge in [0.1, 0.15) is 6.61 Å². The predicted octanol–water partition coefficient (Wildman–Crippen LogP) is 1.19. The molecule has 0 unspecified atom stereocenters. The van der Waals surface area contributed by atoms with E-state index in [1.165, 1.54) is 24.3 Å². The zero-order valence-electron chi connectivity index (χ0n) is 7.82. The molecule has 1 aromatic rings. The smallest absolute Gasteiger partial charge is 0.289 e. The third kappa shape index (κ3) is 2.49. The molecular weight excluding hydrogens is 202 g/mol. The number of alkyl halides is 2. The van der Waals surface area contributed by atoms with Crippen molar-refractivity contribution in [3.8, 4) is 6.07 Å². The maximum absolute atomic E-state index is 13.0. The summed E-state index contributed by atoms with van der Waals surface area (Å²) >= 11 is 0. The number of benzene rings is 1. The normalized spacial score (nSPS) is 13.3. The van der Waals surface area contributed by atoms with Gasteiger partial charge in [-0.3, -0.25) is 0 Å². The van der Waals surface area contributed by atoms with Crippen LogP contribution in [0.25, 0.3) is 0 Å². The Kier molecular flexibility index (Phi) is 3.35. The van der Waals surface area contributed by atoms with Gasteiger partial charge < -0.3 is 10.8 Å². The van der Waals surface area contributed by atoms with E-state index in [0.29, 0.717) is 5.56 Å². The fourth-order valence-corrected chi connectivity index (χ4v) is 1.11. The SMILES string of the molecule is N#Cc1ccc([C@H](N)C(F)(F)CO)cc1. The van der Waals surface area contributed by atoms with Gasteiger partial charge in [0.2, 0.25) is 0 Å². The van der Waals surface area contributed by atoms with Crippen LogP contribution in [0.4, 0.5) is 8.78 Å². The van der Waals surface area contributed by atoms with Crippen molar-refractivity contribution >= 4 is 0 Å². The Morgan fingerprint density at radius 3 is 2.33 bits per heavy atom. The quantitative estimate of drug-likeness (QED) is 0.790. The first-order valence-corrected chi connectivity index (χ1v) is 4.25. The van der Waals surface area contributed by atoms with E-state index in [9.17, 15) is 8.78 Å². The third-order valence-electron chi connectivity index (χ3n) is 2.06. The number of hydrogen-bond acceptors (Lipinski definition) is 3. The minimum Gasteiger partial charge on any atom is -0.390 e. The van der Waals surface area contributed by atoms with Gasteiger partial charge in [0, 0.05) is 0 Å². The van der Waals surface area contributed by atoms with Crippen molar-refractivity contribution in [2.45, 2.75) is 12.0 Å². The fraction of sp³-hybridized carbons (Fsp3) is 0.300. The number of nitrogens with two attached hydrogens (primary N) is 1. The van der Waals surface area contributed by atoms with Gasteiger partial charge in [-0.25, -0.2) is 8.78 Å². The molecule has 5 heteroatoms. The van der Waals surface area contributed by atoms with Gasteiger partial charge in [0.25, 0.3) is 5.92 Å². The molecule has 0 aromatic heterocycles. The van der Waals surface area contributed by atoms with Crippen LogP contribution >= 0.6 is 0 Å². The molecule has 0 aliphatic rings. The lowest BCUT2D eigenvalue weighted by Gasteiger charge is -2.21. The molecule has 0 heterocycles. The highest BCUT2D eigenvalue weighted by molar-refractivity contribution is 5.33. The second-order valence-electron chi connectivity index (χ2n) is 3.13. The number of aliphatic hydroxyl groups excluding tert-OH is 1. The average molecular weight is 212 g/mol. The number of nitriles is 1. The number of nitrogens with zero attached hydrogens (tertiary/aromatic N) is 1. The third-order valence-corrected chi connectivity index (χ3v) is 2.06. The molecule has 0 amide bonds. The summed E-state index contributed by atoms with van der Waals surface area (Å²) in [4.78, 5) is 0. The zero-order valence-corrected chi connectivity index (χ0v) is 7.82. The number of halogens is 2. The highest BCUT2D eigenvalue weighted by atomic mass is 19.3. The van der Waals surface area contributed by atoms with E-state index in [0.717, 1.165) is 0 Å². The van der Waals surface area contributed by atoms with Crippen molar-refractivity contribution in [2.75, 3.05) is 6.61 Å². The summed E-state index contributed by atoms with van der Waals surface area (Å²) in [5, 5.41) is 16.9. The van der Waals surface area contributed by atoms with Crippen LogP contribution < -0.4 is 5.73 Å². The van der Waals surface area contributed by atoms with Crippen molar-refractivity contribution in [1.82, 2.24) is 0 Å². The van der Waals surface area contributed by atoms with Crippen LogP contribution in [0, 0.1) is 11.3 Å². The van der Waals surface area contributed by atoms with Crippen LogP contribution in [-0.4, -0.2) is 17.6 Å². The van der Waals surface area contributed by atoms with Crippen LogP contribution in [0.3, 0.4) is 0 Å². The second kappa shape index (κ2) is 4.34. The van der Waals surface area contributed by atoms with Gasteiger partial charge >= 0.3 is 0 Å². The number of rotatable bonds is 3. The van der Waals surface area contributed by atoms with Gasteiger partial charge in [0.15, 0.2) is 0 Å². The summed E-state index contributed by atoms with van der Waals surface area (Å²) in [7, 11) is 0. The van der Waals surface area contributed by atoms with Gasteiger partial charge in [0.05, 0.1) is 17.7 Å². The van der Waals surface area contributed by atoms with Gasteiger partial charge in [-0.1, -0.05) is 12.1 Å². The van der Waals surface area contributed by atoms with Crippen molar-refractivity contribution in [3.05, 3.63) is 35.4 Å². The molecule has 0 aliphatic heterocycles. The summed E-state index contributed by atoms with van der Waals surface area (Å²) in [6, 6.07) is 5.83. The van der Waals surface area contributed by atoms with E-state index in [-0.39, 0.29) is 5.56 Å². The molecule has 0 spiro atoms. The molecule has 0 bridgehead atoms. The maximum atomic E-state index is 13.0. The Balaban J connectivity index is 2.93. The molecule has 1 rings (SSSR count). The molecular formula is C10H10F2N2O. The van der Waals surface area contributed by atoms with Crippen molar-refractivity contribution < 1.29 is 13.9 Å². The summed E-state index contributed by atoms with van der Waals surface area (Å²) < 4.78 is 25.9. The van der Waals surface area contributed by atoms with E-state index in [2.05, 4.69) is 0 Å². The van der Waals surface area contributed by atoms with Crippen LogP contribution in [0.5, 0.6) is 0 Å². The van der Waals surface area contributed by atoms with Crippen LogP contribution in [-0.2, 0) is 0 Å². The standard InChI is InChI=1S/C10H10F2N2O/c11-10(12,6-15)9(14)8-3-1-7(5-13)2-4-8/h1-4,9,15H,6,14H2/t9-/m0/s1. The lowest BCUT2D eigenvalue weighted by Crippen LogP contribution is -2.36. The van der Waals surface area contributed by atoms with Gasteiger partial charge in [-0.05, 0) is 17.7 Å². The first-order chi connectivity index (χ1) is 7.01. The summed E-state index contributed by atoms with van der Waals surface area (Å²) in [6.45, 7) is -1.30. The minimum absolute atomic E-state index is 0.188. The molecule has 3 N–H and O–H groups in total. The number of aliphatic hydroxyl groups is 1. The summed E-state index contributed by atoms with van der Waals surface area (Å²) in [6.07, 6.45) is 0. The van der Waals surface area contributed by atoms with E-state index in [4.69, 9.17) is 16.1 Å². The van der Waals surface area contributed by atoms with E-state index in [1.54, 1.807) is 0 Å². The average Bonchev–Trinajstić information content (AvgIpc) is 2.28. The van der Waals surface area contributed by atoms with Gasteiger partial charge in [-0.15, -0.1) is 0 Å². The van der Waals surface area contributed by atoms with E-state index >= 15 is 0 Å². The molecule has 1 aromatic carbocycles. The van der Waals surface area contributed by atoms with Crippen molar-refractivity contribution in [3.63, 3.8) is 0 Å². The minimum atomic E-state index is -3.35. The second-order valence-corrected chi connectivity index (χ2v) is 3.13. The monoisotopic (exact) mass is 212 g/mol.